The summed E-state index contributed by atoms with van der Waals surface area (Å²) in [4.78, 5) is 11.7. The summed E-state index contributed by atoms with van der Waals surface area (Å²) in [6.45, 7) is -0.207. The summed E-state index contributed by atoms with van der Waals surface area (Å²) in [6.07, 6.45) is -9.02. The molecule has 9 heteroatoms. The first-order valence-corrected chi connectivity index (χ1v) is 7.44. The maximum atomic E-state index is 12.6. The lowest BCUT2D eigenvalue weighted by Gasteiger charge is -2.09. The van der Waals surface area contributed by atoms with Crippen LogP contribution >= 0.6 is 0 Å². The van der Waals surface area contributed by atoms with E-state index in [9.17, 15) is 31.1 Å². The lowest BCUT2D eigenvalue weighted by atomic mass is 10.1. The first-order chi connectivity index (χ1) is 12.6. The van der Waals surface area contributed by atoms with Crippen molar-refractivity contribution in [2.45, 2.75) is 12.4 Å². The minimum Gasteiger partial charge on any atom is -0.327 e. The predicted molar refractivity (Wildman–Crippen MR) is 86.8 cm³/mol. The standard InChI is InChI=1S/C18H12F6N2O/c19-17(20,21)13-6-1-4-12(10-13)5-3-9-25-16(27)26-15-8-2-7-14(11-15)18(22,23)24/h1-2,4,6-8,10-11H,9H2,(H2,25,26,27). The molecule has 0 radical (unpaired) electrons. The van der Waals surface area contributed by atoms with Gasteiger partial charge in [0.2, 0.25) is 0 Å². The Morgan fingerprint density at radius 2 is 1.48 bits per heavy atom. The van der Waals surface area contributed by atoms with Crippen LogP contribution in [0, 0.1) is 11.8 Å². The Labute approximate surface area is 150 Å². The Bertz CT molecular complexity index is 878. The van der Waals surface area contributed by atoms with Gasteiger partial charge in [-0.05, 0) is 36.4 Å². The van der Waals surface area contributed by atoms with Crippen molar-refractivity contribution in [1.29, 1.82) is 0 Å². The molecule has 3 nitrogen and oxygen atoms in total. The molecular formula is C18H12F6N2O. The molecule has 2 N–H and O–H groups in total. The molecule has 2 rings (SSSR count). The summed E-state index contributed by atoms with van der Waals surface area (Å²) in [5.74, 6) is 4.93. The Kier molecular flexibility index (Phi) is 6.00. The van der Waals surface area contributed by atoms with Crippen molar-refractivity contribution in [1.82, 2.24) is 5.32 Å². The number of benzene rings is 2. The molecular weight excluding hydrogens is 374 g/mol. The van der Waals surface area contributed by atoms with Gasteiger partial charge in [0.1, 0.15) is 0 Å². The number of rotatable bonds is 2. The number of hydrogen-bond donors (Lipinski definition) is 2. The summed E-state index contributed by atoms with van der Waals surface area (Å²) in [7, 11) is 0. The van der Waals surface area contributed by atoms with Crippen LogP contribution < -0.4 is 10.6 Å². The number of carbonyl (C=O) groups is 1. The first kappa shape index (κ1) is 20.2. The molecule has 2 aromatic carbocycles. The highest BCUT2D eigenvalue weighted by Gasteiger charge is 2.31. The third kappa shape index (κ3) is 6.26. The molecule has 0 aliphatic heterocycles. The second-order valence-corrected chi connectivity index (χ2v) is 5.27. The molecule has 0 atom stereocenters. The molecule has 0 aliphatic carbocycles. The molecule has 0 aliphatic rings. The zero-order chi connectivity index (χ0) is 20.1. The van der Waals surface area contributed by atoms with Crippen molar-refractivity contribution in [3.63, 3.8) is 0 Å². The van der Waals surface area contributed by atoms with Crippen LogP contribution in [0.1, 0.15) is 16.7 Å². The summed E-state index contributed by atoms with van der Waals surface area (Å²) in [6, 6.07) is 7.63. The topological polar surface area (TPSA) is 41.1 Å². The van der Waals surface area contributed by atoms with E-state index < -0.39 is 29.5 Å². The van der Waals surface area contributed by atoms with E-state index in [1.165, 1.54) is 18.2 Å². The third-order valence-corrected chi connectivity index (χ3v) is 3.21. The number of halogens is 6. The molecule has 2 aromatic rings. The quantitative estimate of drug-likeness (QED) is 0.560. The van der Waals surface area contributed by atoms with E-state index in [0.717, 1.165) is 30.3 Å². The van der Waals surface area contributed by atoms with E-state index in [4.69, 9.17) is 0 Å². The second kappa shape index (κ2) is 8.03. The smallest absolute Gasteiger partial charge is 0.327 e. The van der Waals surface area contributed by atoms with Gasteiger partial charge >= 0.3 is 18.4 Å². The molecule has 0 bridgehead atoms. The van der Waals surface area contributed by atoms with Gasteiger partial charge in [-0.1, -0.05) is 24.0 Å². The Hall–Kier alpha value is -3.15. The molecule has 0 heterocycles. The fourth-order valence-electron chi connectivity index (χ4n) is 1.99. The van der Waals surface area contributed by atoms with Crippen molar-refractivity contribution in [2.24, 2.45) is 0 Å². The Balaban J connectivity index is 1.92. The van der Waals surface area contributed by atoms with Gasteiger partial charge in [-0.15, -0.1) is 0 Å². The molecule has 0 aromatic heterocycles. The Morgan fingerprint density at radius 1 is 0.889 bits per heavy atom. The fraction of sp³-hybridized carbons (Fsp3) is 0.167. The van der Waals surface area contributed by atoms with Gasteiger partial charge in [-0.25, -0.2) is 4.79 Å². The van der Waals surface area contributed by atoms with Crippen LogP contribution in [-0.2, 0) is 12.4 Å². The van der Waals surface area contributed by atoms with Gasteiger partial charge in [0.15, 0.2) is 0 Å². The van der Waals surface area contributed by atoms with E-state index in [-0.39, 0.29) is 17.8 Å². The number of amides is 2. The molecule has 0 unspecified atom stereocenters. The number of anilines is 1. The lowest BCUT2D eigenvalue weighted by Crippen LogP contribution is -2.29. The van der Waals surface area contributed by atoms with E-state index in [2.05, 4.69) is 22.5 Å². The Morgan fingerprint density at radius 3 is 2.11 bits per heavy atom. The van der Waals surface area contributed by atoms with E-state index in [1.807, 2.05) is 0 Å². The van der Waals surface area contributed by atoms with Crippen molar-refractivity contribution in [2.75, 3.05) is 11.9 Å². The number of carbonyl (C=O) groups excluding carboxylic acids is 1. The first-order valence-electron chi connectivity index (χ1n) is 7.44. The lowest BCUT2D eigenvalue weighted by molar-refractivity contribution is -0.138. The number of hydrogen-bond acceptors (Lipinski definition) is 1. The van der Waals surface area contributed by atoms with Crippen LogP contribution in [0.3, 0.4) is 0 Å². The summed E-state index contributed by atoms with van der Waals surface area (Å²) < 4.78 is 75.6. The molecule has 0 saturated heterocycles. The molecule has 0 fully saturated rings. The molecule has 142 valence electrons. The van der Waals surface area contributed by atoms with E-state index in [0.29, 0.717) is 0 Å². The van der Waals surface area contributed by atoms with Crippen LogP contribution in [0.5, 0.6) is 0 Å². The highest BCUT2D eigenvalue weighted by atomic mass is 19.4. The minimum atomic E-state index is -4.54. The average Bonchev–Trinajstić information content (AvgIpc) is 2.58. The normalized spacial score (nSPS) is 11.3. The van der Waals surface area contributed by atoms with Gasteiger partial charge in [0.25, 0.3) is 0 Å². The number of alkyl halides is 6. The van der Waals surface area contributed by atoms with Gasteiger partial charge in [0.05, 0.1) is 17.7 Å². The average molecular weight is 386 g/mol. The van der Waals surface area contributed by atoms with Crippen LogP contribution in [0.25, 0.3) is 0 Å². The van der Waals surface area contributed by atoms with Crippen molar-refractivity contribution in [3.8, 4) is 11.8 Å². The van der Waals surface area contributed by atoms with E-state index >= 15 is 0 Å². The monoisotopic (exact) mass is 386 g/mol. The van der Waals surface area contributed by atoms with Gasteiger partial charge in [0, 0.05) is 11.3 Å². The molecule has 2 amide bonds. The summed E-state index contributed by atoms with van der Waals surface area (Å²) in [5, 5.41) is 4.49. The van der Waals surface area contributed by atoms with Crippen molar-refractivity contribution < 1.29 is 31.1 Å². The number of nitrogens with one attached hydrogen (secondary N) is 2. The second-order valence-electron chi connectivity index (χ2n) is 5.27. The van der Waals surface area contributed by atoms with Crippen LogP contribution in [0.15, 0.2) is 48.5 Å². The minimum absolute atomic E-state index is 0.0619. The molecule has 0 spiro atoms. The van der Waals surface area contributed by atoms with Crippen LogP contribution in [0.2, 0.25) is 0 Å². The maximum absolute atomic E-state index is 12.6. The highest BCUT2D eigenvalue weighted by molar-refractivity contribution is 5.89. The zero-order valence-corrected chi connectivity index (χ0v) is 13.5. The van der Waals surface area contributed by atoms with Gasteiger partial charge < -0.3 is 10.6 Å². The fourth-order valence-corrected chi connectivity index (χ4v) is 1.99. The van der Waals surface area contributed by atoms with Crippen molar-refractivity contribution in [3.05, 3.63) is 65.2 Å². The largest absolute Gasteiger partial charge is 0.416 e. The van der Waals surface area contributed by atoms with E-state index in [1.54, 1.807) is 0 Å². The maximum Gasteiger partial charge on any atom is 0.416 e. The van der Waals surface area contributed by atoms with Gasteiger partial charge in [-0.2, -0.15) is 26.3 Å². The third-order valence-electron chi connectivity index (χ3n) is 3.21. The SMILES string of the molecule is O=C(NCC#Cc1cccc(C(F)(F)F)c1)Nc1cccc(C(F)(F)F)c1. The molecule has 0 saturated carbocycles. The zero-order valence-electron chi connectivity index (χ0n) is 13.5. The van der Waals surface area contributed by atoms with Gasteiger partial charge in [-0.3, -0.25) is 0 Å². The highest BCUT2D eigenvalue weighted by Crippen LogP contribution is 2.31. The predicted octanol–water partition coefficient (Wildman–Crippen LogP) is 4.90. The van der Waals surface area contributed by atoms with Crippen LogP contribution in [0.4, 0.5) is 36.8 Å². The van der Waals surface area contributed by atoms with Crippen LogP contribution in [-0.4, -0.2) is 12.6 Å². The summed E-state index contributed by atoms with van der Waals surface area (Å²) in [5.41, 5.74) is -1.70. The number of urea groups is 1. The molecule has 27 heavy (non-hydrogen) atoms. The van der Waals surface area contributed by atoms with Crippen molar-refractivity contribution >= 4 is 11.7 Å². The summed E-state index contributed by atoms with van der Waals surface area (Å²) >= 11 is 0.